The van der Waals surface area contributed by atoms with E-state index < -0.39 is 0 Å². The van der Waals surface area contributed by atoms with Crippen molar-refractivity contribution in [3.05, 3.63) is 94.1 Å². The number of aromatic nitrogens is 1. The second kappa shape index (κ2) is 7.57. The molecule has 0 aliphatic rings. The van der Waals surface area contributed by atoms with Crippen molar-refractivity contribution >= 4 is 66.5 Å². The molecule has 0 bridgehead atoms. The number of nitrogens with zero attached hydrogens (tertiary/aromatic N) is 1. The van der Waals surface area contributed by atoms with Crippen molar-refractivity contribution in [2.75, 3.05) is 5.32 Å². The van der Waals surface area contributed by atoms with Gasteiger partial charge in [0.2, 0.25) is 0 Å². The highest BCUT2D eigenvalue weighted by Gasteiger charge is 2.15. The minimum Gasteiger partial charge on any atom is -0.321 e. The number of anilines is 1. The highest BCUT2D eigenvalue weighted by molar-refractivity contribution is 14.1. The number of carbonyl (C=O) groups is 1. The van der Waals surface area contributed by atoms with Gasteiger partial charge < -0.3 is 5.32 Å². The number of carbonyl (C=O) groups excluding carboxylic acids is 1. The number of amides is 1. The van der Waals surface area contributed by atoms with Crippen LogP contribution in [0.4, 0.5) is 5.69 Å². The van der Waals surface area contributed by atoms with Crippen LogP contribution in [0, 0.1) is 3.57 Å². The third kappa shape index (κ3) is 3.52. The molecule has 1 N–H and O–H groups in total. The highest BCUT2D eigenvalue weighted by atomic mass is 127. The van der Waals surface area contributed by atoms with Crippen molar-refractivity contribution in [1.29, 1.82) is 0 Å². The summed E-state index contributed by atoms with van der Waals surface area (Å²) in [6, 6.07) is 27.8. The highest BCUT2D eigenvalue weighted by Crippen LogP contribution is 2.36. The molecule has 0 atom stereocenters. The van der Waals surface area contributed by atoms with Gasteiger partial charge in [0.05, 0.1) is 15.9 Å². The van der Waals surface area contributed by atoms with E-state index in [1.807, 2.05) is 72.8 Å². The van der Waals surface area contributed by atoms with Crippen molar-refractivity contribution in [3.63, 3.8) is 0 Å². The first kappa shape index (κ1) is 18.3. The zero-order valence-corrected chi connectivity index (χ0v) is 18.2. The molecule has 0 saturated heterocycles. The molecule has 1 amide bonds. The molecule has 1 heterocycles. The quantitative estimate of drug-likeness (QED) is 0.269. The zero-order valence-electron chi connectivity index (χ0n) is 15.2. The standard InChI is InChI=1S/C24H15IN2OS/c25-16-12-13-20(19(14-16)24-27-21-10-3-4-11-22(21)29-24)26-23(28)18-9-5-7-15-6-1-2-8-17(15)18/h1-14H,(H,26,28). The third-order valence-corrected chi connectivity index (χ3v) is 6.53. The van der Waals surface area contributed by atoms with Gasteiger partial charge in [-0.2, -0.15) is 0 Å². The van der Waals surface area contributed by atoms with E-state index in [0.29, 0.717) is 5.56 Å². The fourth-order valence-electron chi connectivity index (χ4n) is 3.40. The van der Waals surface area contributed by atoms with E-state index in [1.165, 1.54) is 0 Å². The number of thiazole rings is 1. The Kier molecular flexibility index (Phi) is 4.77. The Morgan fingerprint density at radius 1 is 0.897 bits per heavy atom. The third-order valence-electron chi connectivity index (χ3n) is 4.79. The van der Waals surface area contributed by atoms with Crippen molar-refractivity contribution in [3.8, 4) is 10.6 Å². The van der Waals surface area contributed by atoms with Gasteiger partial charge in [0, 0.05) is 14.7 Å². The van der Waals surface area contributed by atoms with Gasteiger partial charge in [0.1, 0.15) is 5.01 Å². The van der Waals surface area contributed by atoms with Crippen LogP contribution in [-0.2, 0) is 0 Å². The van der Waals surface area contributed by atoms with Crippen LogP contribution in [-0.4, -0.2) is 10.9 Å². The van der Waals surface area contributed by atoms with E-state index in [2.05, 4.69) is 40.0 Å². The summed E-state index contributed by atoms with van der Waals surface area (Å²) in [6.07, 6.45) is 0. The lowest BCUT2D eigenvalue weighted by molar-refractivity contribution is 0.102. The van der Waals surface area contributed by atoms with E-state index in [0.717, 1.165) is 40.8 Å². The van der Waals surface area contributed by atoms with Gasteiger partial charge in [-0.3, -0.25) is 4.79 Å². The Labute approximate surface area is 185 Å². The largest absolute Gasteiger partial charge is 0.321 e. The molecule has 0 saturated carbocycles. The van der Waals surface area contributed by atoms with E-state index >= 15 is 0 Å². The molecule has 0 spiro atoms. The molecule has 0 aliphatic carbocycles. The van der Waals surface area contributed by atoms with Crippen molar-refractivity contribution in [2.45, 2.75) is 0 Å². The molecule has 0 unspecified atom stereocenters. The van der Waals surface area contributed by atoms with E-state index in [-0.39, 0.29) is 5.91 Å². The molecule has 5 aromatic rings. The first-order valence-electron chi connectivity index (χ1n) is 9.14. The Balaban J connectivity index is 1.57. The average molecular weight is 506 g/mol. The van der Waals surface area contributed by atoms with Gasteiger partial charge in [0.15, 0.2) is 0 Å². The Morgan fingerprint density at radius 2 is 1.69 bits per heavy atom. The molecule has 0 fully saturated rings. The lowest BCUT2D eigenvalue weighted by atomic mass is 10.0. The van der Waals surface area contributed by atoms with Gasteiger partial charge in [-0.05, 0) is 69.8 Å². The van der Waals surface area contributed by atoms with Crippen LogP contribution >= 0.6 is 33.9 Å². The second-order valence-electron chi connectivity index (χ2n) is 6.66. The summed E-state index contributed by atoms with van der Waals surface area (Å²) in [5.41, 5.74) is 3.34. The summed E-state index contributed by atoms with van der Waals surface area (Å²) in [5, 5.41) is 6.01. The van der Waals surface area contributed by atoms with E-state index in [1.54, 1.807) is 11.3 Å². The van der Waals surface area contributed by atoms with Gasteiger partial charge in [-0.15, -0.1) is 11.3 Å². The number of halogens is 1. The zero-order chi connectivity index (χ0) is 19.8. The van der Waals surface area contributed by atoms with Crippen LogP contribution < -0.4 is 5.32 Å². The molecule has 0 radical (unpaired) electrons. The fraction of sp³-hybridized carbons (Fsp3) is 0. The van der Waals surface area contributed by atoms with E-state index in [9.17, 15) is 4.79 Å². The first-order chi connectivity index (χ1) is 14.2. The molecule has 29 heavy (non-hydrogen) atoms. The van der Waals surface area contributed by atoms with E-state index in [4.69, 9.17) is 4.98 Å². The fourth-order valence-corrected chi connectivity index (χ4v) is 4.89. The molecular formula is C24H15IN2OS. The molecule has 4 aromatic carbocycles. The predicted octanol–water partition coefficient (Wildman–Crippen LogP) is 6.97. The number of rotatable bonds is 3. The molecule has 0 aliphatic heterocycles. The maximum atomic E-state index is 13.1. The number of benzene rings is 4. The summed E-state index contributed by atoms with van der Waals surface area (Å²) in [4.78, 5) is 17.9. The lowest BCUT2D eigenvalue weighted by Crippen LogP contribution is -2.13. The van der Waals surface area contributed by atoms with Crippen LogP contribution in [0.1, 0.15) is 10.4 Å². The number of hydrogen-bond donors (Lipinski definition) is 1. The van der Waals surface area contributed by atoms with Crippen molar-refractivity contribution < 1.29 is 4.79 Å². The Morgan fingerprint density at radius 3 is 2.59 bits per heavy atom. The summed E-state index contributed by atoms with van der Waals surface area (Å²) >= 11 is 3.92. The molecule has 5 heteroatoms. The lowest BCUT2D eigenvalue weighted by Gasteiger charge is -2.12. The molecule has 140 valence electrons. The van der Waals surface area contributed by atoms with Gasteiger partial charge in [-0.1, -0.05) is 48.5 Å². The molecule has 3 nitrogen and oxygen atoms in total. The predicted molar refractivity (Wildman–Crippen MR) is 130 cm³/mol. The number of fused-ring (bicyclic) bond motifs is 2. The van der Waals surface area contributed by atoms with Crippen LogP contribution in [0.25, 0.3) is 31.6 Å². The Hall–Kier alpha value is -2.77. The second-order valence-corrected chi connectivity index (χ2v) is 8.93. The van der Waals surface area contributed by atoms with Gasteiger partial charge in [-0.25, -0.2) is 4.98 Å². The van der Waals surface area contributed by atoms with Crippen molar-refractivity contribution in [1.82, 2.24) is 4.98 Å². The minimum absolute atomic E-state index is 0.120. The molecular weight excluding hydrogens is 491 g/mol. The minimum atomic E-state index is -0.120. The van der Waals surface area contributed by atoms with Crippen molar-refractivity contribution in [2.24, 2.45) is 0 Å². The van der Waals surface area contributed by atoms with Crippen LogP contribution in [0.3, 0.4) is 0 Å². The van der Waals surface area contributed by atoms with Gasteiger partial charge >= 0.3 is 0 Å². The average Bonchev–Trinajstić information content (AvgIpc) is 3.18. The summed E-state index contributed by atoms with van der Waals surface area (Å²) in [5.74, 6) is -0.120. The van der Waals surface area contributed by atoms with Crippen LogP contribution in [0.15, 0.2) is 84.9 Å². The normalized spacial score (nSPS) is 11.1. The SMILES string of the molecule is O=C(Nc1ccc(I)cc1-c1nc2ccccc2s1)c1cccc2ccccc12. The smallest absolute Gasteiger partial charge is 0.256 e. The number of nitrogens with one attached hydrogen (secondary N) is 1. The Bertz CT molecular complexity index is 1340. The maximum absolute atomic E-state index is 13.1. The molecule has 5 rings (SSSR count). The number of para-hydroxylation sites is 1. The van der Waals surface area contributed by atoms with Crippen LogP contribution in [0.5, 0.6) is 0 Å². The monoisotopic (exact) mass is 506 g/mol. The first-order valence-corrected chi connectivity index (χ1v) is 11.0. The van der Waals surface area contributed by atoms with Crippen LogP contribution in [0.2, 0.25) is 0 Å². The maximum Gasteiger partial charge on any atom is 0.256 e. The topological polar surface area (TPSA) is 42.0 Å². The number of hydrogen-bond acceptors (Lipinski definition) is 3. The van der Waals surface area contributed by atoms with Gasteiger partial charge in [0.25, 0.3) is 5.91 Å². The summed E-state index contributed by atoms with van der Waals surface area (Å²) in [6.45, 7) is 0. The molecule has 1 aromatic heterocycles. The summed E-state index contributed by atoms with van der Waals surface area (Å²) < 4.78 is 2.23. The summed E-state index contributed by atoms with van der Waals surface area (Å²) in [7, 11) is 0.